The topological polar surface area (TPSA) is 110 Å². The van der Waals surface area contributed by atoms with Crippen molar-refractivity contribution in [3.05, 3.63) is 0 Å². The van der Waals surface area contributed by atoms with Crippen molar-refractivity contribution in [2.75, 3.05) is 6.54 Å². The first-order valence-corrected chi connectivity index (χ1v) is 8.18. The Morgan fingerprint density at radius 3 is 2.48 bits per heavy atom. The van der Waals surface area contributed by atoms with Crippen molar-refractivity contribution in [1.82, 2.24) is 10.2 Å². The van der Waals surface area contributed by atoms with E-state index in [4.69, 9.17) is 5.73 Å². The summed E-state index contributed by atoms with van der Waals surface area (Å²) in [5.41, 5.74) is 5.07. The average Bonchev–Trinajstić information content (AvgIpc) is 2.96. The summed E-state index contributed by atoms with van der Waals surface area (Å²) < 4.78 is 0. The fraction of sp³-hybridized carbons (Fsp3) is 0.750. The van der Waals surface area contributed by atoms with Gasteiger partial charge in [-0.15, -0.1) is 0 Å². The molecular weight excluding hydrogens is 298 g/mol. The van der Waals surface area contributed by atoms with Crippen molar-refractivity contribution in [3.63, 3.8) is 0 Å². The Bertz CT molecular complexity index is 466. The van der Waals surface area contributed by atoms with Gasteiger partial charge in [-0.25, -0.2) is 0 Å². The maximum absolute atomic E-state index is 12.5. The number of amides is 3. The van der Waals surface area contributed by atoms with E-state index in [0.717, 1.165) is 12.8 Å². The molecule has 0 bridgehead atoms. The lowest BCUT2D eigenvalue weighted by Crippen LogP contribution is -2.52. The number of nitrogens with zero attached hydrogens (tertiary/aromatic N) is 1. The number of primary amides is 1. The molecule has 3 unspecified atom stereocenters. The third kappa shape index (κ3) is 5.04. The predicted molar refractivity (Wildman–Crippen MR) is 85.2 cm³/mol. The Kier molecular flexibility index (Phi) is 7.19. The van der Waals surface area contributed by atoms with Gasteiger partial charge >= 0.3 is 0 Å². The zero-order chi connectivity index (χ0) is 17.6. The average molecular weight is 325 g/mol. The van der Waals surface area contributed by atoms with Gasteiger partial charge in [0.2, 0.25) is 18.1 Å². The second kappa shape index (κ2) is 8.64. The molecule has 3 amide bonds. The van der Waals surface area contributed by atoms with Crippen LogP contribution in [0.3, 0.4) is 0 Å². The molecular formula is C16H27N3O4. The lowest BCUT2D eigenvalue weighted by molar-refractivity contribution is -0.139. The second-order valence-corrected chi connectivity index (χ2v) is 6.37. The molecule has 0 radical (unpaired) electrons. The molecule has 1 heterocycles. The van der Waals surface area contributed by atoms with E-state index in [9.17, 15) is 19.2 Å². The van der Waals surface area contributed by atoms with Gasteiger partial charge in [0.1, 0.15) is 6.04 Å². The molecule has 130 valence electrons. The number of hydrogen-bond acceptors (Lipinski definition) is 4. The second-order valence-electron chi connectivity index (χ2n) is 6.37. The lowest BCUT2D eigenvalue weighted by atomic mass is 9.95. The van der Waals surface area contributed by atoms with Crippen molar-refractivity contribution >= 4 is 24.0 Å². The fourth-order valence-electron chi connectivity index (χ4n) is 2.86. The maximum Gasteiger partial charge on any atom is 0.287 e. The molecule has 1 fully saturated rings. The summed E-state index contributed by atoms with van der Waals surface area (Å²) in [6.07, 6.45) is 3.29. The minimum absolute atomic E-state index is 0.165. The molecule has 0 aliphatic carbocycles. The number of likely N-dealkylation sites (tertiary alicyclic amines) is 1. The van der Waals surface area contributed by atoms with Crippen molar-refractivity contribution in [2.45, 2.75) is 58.5 Å². The van der Waals surface area contributed by atoms with E-state index in [1.165, 1.54) is 4.90 Å². The van der Waals surface area contributed by atoms with E-state index >= 15 is 0 Å². The van der Waals surface area contributed by atoms with Gasteiger partial charge in [-0.1, -0.05) is 33.6 Å². The highest BCUT2D eigenvalue weighted by molar-refractivity contribution is 6.37. The Labute approximate surface area is 137 Å². The van der Waals surface area contributed by atoms with Crippen LogP contribution in [0.15, 0.2) is 0 Å². The van der Waals surface area contributed by atoms with Crippen LogP contribution in [0.2, 0.25) is 0 Å². The summed E-state index contributed by atoms with van der Waals surface area (Å²) in [6, 6.07) is -1.51. The number of hydrogen-bond donors (Lipinski definition) is 2. The van der Waals surface area contributed by atoms with Crippen LogP contribution in [0, 0.1) is 11.8 Å². The van der Waals surface area contributed by atoms with Gasteiger partial charge in [0.05, 0.1) is 6.04 Å². The molecule has 0 aromatic carbocycles. The van der Waals surface area contributed by atoms with Crippen LogP contribution < -0.4 is 11.1 Å². The summed E-state index contributed by atoms with van der Waals surface area (Å²) in [7, 11) is 0. The maximum atomic E-state index is 12.5. The van der Waals surface area contributed by atoms with Crippen LogP contribution >= 0.6 is 0 Å². The van der Waals surface area contributed by atoms with E-state index in [-0.39, 0.29) is 11.8 Å². The first-order chi connectivity index (χ1) is 10.8. The van der Waals surface area contributed by atoms with Crippen LogP contribution in [-0.2, 0) is 19.2 Å². The summed E-state index contributed by atoms with van der Waals surface area (Å²) in [5.74, 6) is -1.80. The zero-order valence-electron chi connectivity index (χ0n) is 14.1. The number of carbonyl (C=O) groups is 4. The molecule has 3 N–H and O–H groups in total. The van der Waals surface area contributed by atoms with E-state index in [1.54, 1.807) is 0 Å². The van der Waals surface area contributed by atoms with E-state index < -0.39 is 29.7 Å². The van der Waals surface area contributed by atoms with E-state index in [2.05, 4.69) is 5.32 Å². The minimum atomic E-state index is -1.05. The molecule has 7 heteroatoms. The summed E-state index contributed by atoms with van der Waals surface area (Å²) in [6.45, 7) is 6.46. The molecule has 4 atom stereocenters. The molecule has 0 spiro atoms. The third-order valence-electron chi connectivity index (χ3n) is 4.65. The molecule has 1 aliphatic heterocycles. The summed E-state index contributed by atoms with van der Waals surface area (Å²) >= 11 is 0. The fourth-order valence-corrected chi connectivity index (χ4v) is 2.86. The smallest absolute Gasteiger partial charge is 0.287 e. The highest BCUT2D eigenvalue weighted by Crippen LogP contribution is 2.24. The number of rotatable bonds is 9. The van der Waals surface area contributed by atoms with Gasteiger partial charge in [-0.05, 0) is 24.7 Å². The van der Waals surface area contributed by atoms with Crippen molar-refractivity contribution in [3.8, 4) is 0 Å². The minimum Gasteiger partial charge on any atom is -0.363 e. The number of Topliss-reactive ketones (excluding diaryl/α,β-unsaturated/α-hetero) is 1. The SMILES string of the molecule is CCC(C)CC(NC(=O)C1C[C@@H](CC)CN1C=O)C(=O)C(N)=O. The lowest BCUT2D eigenvalue weighted by Gasteiger charge is -2.24. The van der Waals surface area contributed by atoms with E-state index in [1.807, 2.05) is 20.8 Å². The Morgan fingerprint density at radius 2 is 2.00 bits per heavy atom. The molecule has 23 heavy (non-hydrogen) atoms. The summed E-state index contributed by atoms with van der Waals surface area (Å²) in [5, 5.41) is 2.62. The van der Waals surface area contributed by atoms with Gasteiger partial charge in [0.15, 0.2) is 0 Å². The largest absolute Gasteiger partial charge is 0.363 e. The van der Waals surface area contributed by atoms with Crippen LogP contribution in [0.25, 0.3) is 0 Å². The standard InChI is InChI=1S/C16H27N3O4/c1-4-10(3)6-12(14(21)15(17)22)18-16(23)13-7-11(5-2)8-19(13)9-20/h9-13H,4-8H2,1-3H3,(H2,17,22)(H,18,23)/t10?,11-,12?,13?/m1/s1. The first kappa shape index (κ1) is 19.1. The van der Waals surface area contributed by atoms with Gasteiger partial charge in [0, 0.05) is 6.54 Å². The summed E-state index contributed by atoms with van der Waals surface area (Å²) in [4.78, 5) is 48.2. The van der Waals surface area contributed by atoms with E-state index in [0.29, 0.717) is 25.8 Å². The molecule has 1 aliphatic rings. The van der Waals surface area contributed by atoms with Gasteiger partial charge in [-0.3, -0.25) is 19.2 Å². The number of ketones is 1. The molecule has 7 nitrogen and oxygen atoms in total. The molecule has 0 saturated carbocycles. The quantitative estimate of drug-likeness (QED) is 0.467. The third-order valence-corrected chi connectivity index (χ3v) is 4.65. The molecule has 0 aromatic rings. The molecule has 1 saturated heterocycles. The highest BCUT2D eigenvalue weighted by Gasteiger charge is 2.37. The van der Waals surface area contributed by atoms with Crippen molar-refractivity contribution in [1.29, 1.82) is 0 Å². The molecule has 1 rings (SSSR count). The Balaban J connectivity index is 2.81. The number of nitrogens with one attached hydrogen (secondary N) is 1. The Hall–Kier alpha value is -1.92. The predicted octanol–water partition coefficient (Wildman–Crippen LogP) is 0.219. The Morgan fingerprint density at radius 1 is 1.35 bits per heavy atom. The van der Waals surface area contributed by atoms with Crippen molar-refractivity contribution in [2.24, 2.45) is 17.6 Å². The van der Waals surface area contributed by atoms with Crippen LogP contribution in [0.1, 0.15) is 46.5 Å². The monoisotopic (exact) mass is 325 g/mol. The zero-order valence-corrected chi connectivity index (χ0v) is 14.1. The number of nitrogens with two attached hydrogens (primary N) is 1. The first-order valence-electron chi connectivity index (χ1n) is 8.18. The van der Waals surface area contributed by atoms with Crippen LogP contribution in [0.5, 0.6) is 0 Å². The van der Waals surface area contributed by atoms with Gasteiger partial charge < -0.3 is 16.0 Å². The van der Waals surface area contributed by atoms with Crippen molar-refractivity contribution < 1.29 is 19.2 Å². The highest BCUT2D eigenvalue weighted by atomic mass is 16.2. The molecule has 0 aromatic heterocycles. The van der Waals surface area contributed by atoms with Gasteiger partial charge in [-0.2, -0.15) is 0 Å². The number of carbonyl (C=O) groups excluding carboxylic acids is 4. The van der Waals surface area contributed by atoms with Gasteiger partial charge in [0.25, 0.3) is 5.91 Å². The van der Waals surface area contributed by atoms with Crippen LogP contribution in [-0.4, -0.2) is 47.5 Å². The normalized spacial score (nSPS) is 23.2. The van der Waals surface area contributed by atoms with Crippen LogP contribution in [0.4, 0.5) is 0 Å².